The van der Waals surface area contributed by atoms with Crippen molar-refractivity contribution in [3.63, 3.8) is 0 Å². The maximum absolute atomic E-state index is 4.47. The standard InChI is InChI=1S/C10H13N3S2/c1-7-8(2)15-10(13-7)5-11-3-9-4-12-6-14-9/h4,6,11H,3,5H2,1-2H3. The molecular formula is C10H13N3S2. The molecule has 0 aliphatic heterocycles. The number of nitrogens with one attached hydrogen (secondary N) is 1. The van der Waals surface area contributed by atoms with Gasteiger partial charge in [-0.25, -0.2) is 4.98 Å². The highest BCUT2D eigenvalue weighted by Gasteiger charge is 2.02. The van der Waals surface area contributed by atoms with Crippen LogP contribution in [0.25, 0.3) is 0 Å². The molecule has 0 saturated heterocycles. The van der Waals surface area contributed by atoms with E-state index in [0.717, 1.165) is 23.8 Å². The fraction of sp³-hybridized carbons (Fsp3) is 0.400. The number of hydrogen-bond donors (Lipinski definition) is 1. The van der Waals surface area contributed by atoms with Crippen LogP contribution in [0.2, 0.25) is 0 Å². The number of hydrogen-bond acceptors (Lipinski definition) is 5. The molecule has 5 heteroatoms. The van der Waals surface area contributed by atoms with Gasteiger partial charge in [0.05, 0.1) is 11.2 Å². The van der Waals surface area contributed by atoms with Crippen molar-refractivity contribution in [1.29, 1.82) is 0 Å². The summed E-state index contributed by atoms with van der Waals surface area (Å²) >= 11 is 3.44. The highest BCUT2D eigenvalue weighted by molar-refractivity contribution is 7.11. The van der Waals surface area contributed by atoms with Gasteiger partial charge in [0.25, 0.3) is 0 Å². The number of rotatable bonds is 4. The highest BCUT2D eigenvalue weighted by atomic mass is 32.1. The third-order valence-electron chi connectivity index (χ3n) is 2.13. The summed E-state index contributed by atoms with van der Waals surface area (Å²) in [5.74, 6) is 0. The van der Waals surface area contributed by atoms with Crippen molar-refractivity contribution in [1.82, 2.24) is 15.3 Å². The predicted molar refractivity (Wildman–Crippen MR) is 64.2 cm³/mol. The summed E-state index contributed by atoms with van der Waals surface area (Å²) in [6.07, 6.45) is 1.90. The van der Waals surface area contributed by atoms with Crippen molar-refractivity contribution in [2.75, 3.05) is 0 Å². The second kappa shape index (κ2) is 4.83. The number of nitrogens with zero attached hydrogens (tertiary/aromatic N) is 2. The van der Waals surface area contributed by atoms with Crippen LogP contribution in [0.5, 0.6) is 0 Å². The molecule has 0 aliphatic rings. The van der Waals surface area contributed by atoms with E-state index in [1.165, 1.54) is 9.75 Å². The van der Waals surface area contributed by atoms with E-state index in [4.69, 9.17) is 0 Å². The Labute approximate surface area is 97.2 Å². The van der Waals surface area contributed by atoms with Crippen LogP contribution < -0.4 is 5.32 Å². The van der Waals surface area contributed by atoms with Gasteiger partial charge >= 0.3 is 0 Å². The van der Waals surface area contributed by atoms with Crippen LogP contribution >= 0.6 is 22.7 Å². The molecule has 0 unspecified atom stereocenters. The molecule has 2 heterocycles. The average molecular weight is 239 g/mol. The molecule has 0 bridgehead atoms. The lowest BCUT2D eigenvalue weighted by Crippen LogP contribution is -2.11. The first-order chi connectivity index (χ1) is 7.25. The first kappa shape index (κ1) is 10.7. The molecular weight excluding hydrogens is 226 g/mol. The van der Waals surface area contributed by atoms with Gasteiger partial charge in [-0.15, -0.1) is 22.7 Å². The molecule has 2 aromatic rings. The van der Waals surface area contributed by atoms with Crippen LogP contribution in [-0.4, -0.2) is 9.97 Å². The van der Waals surface area contributed by atoms with E-state index in [0.29, 0.717) is 0 Å². The molecule has 0 saturated carbocycles. The van der Waals surface area contributed by atoms with Crippen LogP contribution in [0.4, 0.5) is 0 Å². The van der Waals surface area contributed by atoms with Gasteiger partial charge in [0, 0.05) is 29.0 Å². The third kappa shape index (κ3) is 2.84. The molecule has 0 amide bonds. The Morgan fingerprint density at radius 1 is 1.33 bits per heavy atom. The van der Waals surface area contributed by atoms with Crippen molar-refractivity contribution in [2.24, 2.45) is 0 Å². The van der Waals surface area contributed by atoms with Crippen LogP contribution in [-0.2, 0) is 13.1 Å². The largest absolute Gasteiger partial charge is 0.305 e. The van der Waals surface area contributed by atoms with Gasteiger partial charge in [0.2, 0.25) is 0 Å². The summed E-state index contributed by atoms with van der Waals surface area (Å²) in [6, 6.07) is 0. The maximum Gasteiger partial charge on any atom is 0.107 e. The second-order valence-electron chi connectivity index (χ2n) is 3.32. The highest BCUT2D eigenvalue weighted by Crippen LogP contribution is 2.16. The van der Waals surface area contributed by atoms with Crippen LogP contribution in [0.15, 0.2) is 11.7 Å². The maximum atomic E-state index is 4.47. The van der Waals surface area contributed by atoms with Crippen molar-refractivity contribution >= 4 is 22.7 Å². The van der Waals surface area contributed by atoms with E-state index in [1.807, 2.05) is 11.7 Å². The number of aryl methyl sites for hydroxylation is 2. The summed E-state index contributed by atoms with van der Waals surface area (Å²) in [5.41, 5.74) is 3.00. The lowest BCUT2D eigenvalue weighted by atomic mass is 10.4. The molecule has 0 fully saturated rings. The number of thiazole rings is 2. The molecule has 0 spiro atoms. The predicted octanol–water partition coefficient (Wildman–Crippen LogP) is 2.51. The van der Waals surface area contributed by atoms with Gasteiger partial charge in [0.1, 0.15) is 5.01 Å². The molecule has 2 rings (SSSR count). The summed E-state index contributed by atoms with van der Waals surface area (Å²) in [6.45, 7) is 5.89. The first-order valence-corrected chi connectivity index (χ1v) is 6.46. The van der Waals surface area contributed by atoms with Crippen LogP contribution in [0.1, 0.15) is 20.5 Å². The molecule has 3 nitrogen and oxygen atoms in total. The van der Waals surface area contributed by atoms with Gasteiger partial charge in [-0.3, -0.25) is 4.98 Å². The molecule has 2 aromatic heterocycles. The Balaban J connectivity index is 1.83. The third-order valence-corrected chi connectivity index (χ3v) is 3.98. The fourth-order valence-corrected chi connectivity index (χ4v) is 2.70. The molecule has 15 heavy (non-hydrogen) atoms. The van der Waals surface area contributed by atoms with Crippen molar-refractivity contribution in [3.05, 3.63) is 32.2 Å². The molecule has 1 N–H and O–H groups in total. The fourth-order valence-electron chi connectivity index (χ4n) is 1.24. The quantitative estimate of drug-likeness (QED) is 0.891. The van der Waals surface area contributed by atoms with Gasteiger partial charge in [-0.1, -0.05) is 0 Å². The van der Waals surface area contributed by atoms with Crippen molar-refractivity contribution in [2.45, 2.75) is 26.9 Å². The lowest BCUT2D eigenvalue weighted by Gasteiger charge is -1.98. The minimum Gasteiger partial charge on any atom is -0.305 e. The summed E-state index contributed by atoms with van der Waals surface area (Å²) < 4.78 is 0. The van der Waals surface area contributed by atoms with E-state index in [-0.39, 0.29) is 0 Å². The molecule has 0 atom stereocenters. The summed E-state index contributed by atoms with van der Waals surface area (Å²) in [5, 5.41) is 4.52. The van der Waals surface area contributed by atoms with E-state index >= 15 is 0 Å². The van der Waals surface area contributed by atoms with E-state index in [1.54, 1.807) is 22.7 Å². The van der Waals surface area contributed by atoms with Crippen molar-refractivity contribution < 1.29 is 0 Å². The van der Waals surface area contributed by atoms with Crippen LogP contribution in [0, 0.1) is 13.8 Å². The molecule has 0 aliphatic carbocycles. The van der Waals surface area contributed by atoms with E-state index in [9.17, 15) is 0 Å². The van der Waals surface area contributed by atoms with E-state index in [2.05, 4.69) is 29.1 Å². The SMILES string of the molecule is Cc1nc(CNCc2cncs2)sc1C. The second-order valence-corrected chi connectivity index (χ2v) is 5.58. The topological polar surface area (TPSA) is 37.8 Å². The Hall–Kier alpha value is -0.780. The molecule has 0 aromatic carbocycles. The Bertz CT molecular complexity index is 400. The zero-order valence-electron chi connectivity index (χ0n) is 8.78. The molecule has 80 valence electrons. The number of aromatic nitrogens is 2. The Morgan fingerprint density at radius 2 is 2.20 bits per heavy atom. The Kier molecular flexibility index (Phi) is 3.45. The average Bonchev–Trinajstić information content (AvgIpc) is 2.79. The Morgan fingerprint density at radius 3 is 2.80 bits per heavy atom. The smallest absolute Gasteiger partial charge is 0.107 e. The minimum atomic E-state index is 0.844. The monoisotopic (exact) mass is 239 g/mol. The van der Waals surface area contributed by atoms with Gasteiger partial charge in [0.15, 0.2) is 0 Å². The summed E-state index contributed by atoms with van der Waals surface area (Å²) in [4.78, 5) is 11.1. The zero-order valence-corrected chi connectivity index (χ0v) is 10.4. The summed E-state index contributed by atoms with van der Waals surface area (Å²) in [7, 11) is 0. The van der Waals surface area contributed by atoms with Crippen molar-refractivity contribution in [3.8, 4) is 0 Å². The lowest BCUT2D eigenvalue weighted by molar-refractivity contribution is 0.695. The zero-order chi connectivity index (χ0) is 10.7. The van der Waals surface area contributed by atoms with Gasteiger partial charge in [-0.2, -0.15) is 0 Å². The first-order valence-electron chi connectivity index (χ1n) is 4.76. The van der Waals surface area contributed by atoms with Crippen LogP contribution in [0.3, 0.4) is 0 Å². The minimum absolute atomic E-state index is 0.844. The van der Waals surface area contributed by atoms with Gasteiger partial charge < -0.3 is 5.32 Å². The van der Waals surface area contributed by atoms with Gasteiger partial charge in [-0.05, 0) is 13.8 Å². The normalized spacial score (nSPS) is 10.8. The van der Waals surface area contributed by atoms with E-state index < -0.39 is 0 Å². The molecule has 0 radical (unpaired) electrons.